The maximum Gasteiger partial charge on any atom is 0.0332 e. The molecule has 3 rings (SSSR count). The van der Waals surface area contributed by atoms with Gasteiger partial charge in [-0.2, -0.15) is 0 Å². The summed E-state index contributed by atoms with van der Waals surface area (Å²) in [5.74, 6) is 0. The van der Waals surface area contributed by atoms with E-state index < -0.39 is 0 Å². The van der Waals surface area contributed by atoms with E-state index in [0.29, 0.717) is 17.0 Å². The molecule has 1 aliphatic heterocycles. The van der Waals surface area contributed by atoms with E-state index in [1.54, 1.807) is 0 Å². The third-order valence-corrected chi connectivity index (χ3v) is 6.84. The molecule has 2 heterocycles. The van der Waals surface area contributed by atoms with Gasteiger partial charge in [-0.05, 0) is 40.3 Å². The lowest BCUT2D eigenvalue weighted by Gasteiger charge is -2.50. The van der Waals surface area contributed by atoms with Gasteiger partial charge in [0.2, 0.25) is 0 Å². The normalized spacial score (nSPS) is 26.6. The van der Waals surface area contributed by atoms with Gasteiger partial charge in [0.15, 0.2) is 0 Å². The van der Waals surface area contributed by atoms with E-state index in [4.69, 9.17) is 0 Å². The van der Waals surface area contributed by atoms with Crippen molar-refractivity contribution in [2.24, 2.45) is 5.41 Å². The van der Waals surface area contributed by atoms with Crippen molar-refractivity contribution in [1.82, 2.24) is 10.2 Å². The zero-order chi connectivity index (χ0) is 15.1. The van der Waals surface area contributed by atoms with E-state index in [2.05, 4.69) is 58.4 Å². The molecular formula is C17H27BrN2S. The zero-order valence-corrected chi connectivity index (χ0v) is 15.8. The second-order valence-corrected chi connectivity index (χ2v) is 9.80. The molecule has 21 heavy (non-hydrogen) atoms. The van der Waals surface area contributed by atoms with Crippen molar-refractivity contribution < 1.29 is 0 Å². The fourth-order valence-corrected chi connectivity index (χ4v) is 5.52. The number of halogens is 1. The highest BCUT2D eigenvalue weighted by molar-refractivity contribution is 9.10. The predicted molar refractivity (Wildman–Crippen MR) is 94.9 cm³/mol. The summed E-state index contributed by atoms with van der Waals surface area (Å²) in [6.45, 7) is 10.6. The Hall–Kier alpha value is 0.1000. The molecule has 1 unspecified atom stereocenters. The Balaban J connectivity index is 1.79. The molecule has 1 aliphatic carbocycles. The molecule has 2 nitrogen and oxygen atoms in total. The quantitative estimate of drug-likeness (QED) is 0.815. The molecule has 1 aromatic rings. The first-order valence-corrected chi connectivity index (χ1v) is 9.77. The van der Waals surface area contributed by atoms with Crippen molar-refractivity contribution in [2.75, 3.05) is 13.1 Å². The molecule has 0 aromatic carbocycles. The van der Waals surface area contributed by atoms with Gasteiger partial charge in [-0.1, -0.05) is 33.6 Å². The number of piperazine rings is 1. The van der Waals surface area contributed by atoms with E-state index in [9.17, 15) is 0 Å². The van der Waals surface area contributed by atoms with Crippen molar-refractivity contribution in [3.8, 4) is 0 Å². The highest BCUT2D eigenvalue weighted by atomic mass is 79.9. The monoisotopic (exact) mass is 370 g/mol. The van der Waals surface area contributed by atoms with Crippen LogP contribution in [0.4, 0.5) is 0 Å². The number of rotatable bonds is 2. The summed E-state index contributed by atoms with van der Waals surface area (Å²) >= 11 is 5.47. The van der Waals surface area contributed by atoms with Crippen LogP contribution in [0.1, 0.15) is 51.3 Å². The van der Waals surface area contributed by atoms with Gasteiger partial charge in [-0.3, -0.25) is 4.90 Å². The number of thiophene rings is 1. The first-order chi connectivity index (χ1) is 9.88. The minimum absolute atomic E-state index is 0.321. The van der Waals surface area contributed by atoms with Gasteiger partial charge in [-0.25, -0.2) is 0 Å². The topological polar surface area (TPSA) is 15.3 Å². The molecule has 2 fully saturated rings. The molecule has 118 valence electrons. The summed E-state index contributed by atoms with van der Waals surface area (Å²) < 4.78 is 1.22. The Morgan fingerprint density at radius 3 is 2.67 bits per heavy atom. The Morgan fingerprint density at radius 2 is 2.10 bits per heavy atom. The van der Waals surface area contributed by atoms with E-state index in [-0.39, 0.29) is 0 Å². The van der Waals surface area contributed by atoms with Crippen LogP contribution in [-0.2, 0) is 6.54 Å². The van der Waals surface area contributed by atoms with Gasteiger partial charge in [0.05, 0.1) is 0 Å². The van der Waals surface area contributed by atoms with Gasteiger partial charge in [0, 0.05) is 45.9 Å². The maximum absolute atomic E-state index is 3.92. The van der Waals surface area contributed by atoms with Crippen LogP contribution in [0.5, 0.6) is 0 Å². The summed E-state index contributed by atoms with van der Waals surface area (Å²) in [6, 6.07) is 2.90. The van der Waals surface area contributed by atoms with Crippen LogP contribution in [0.15, 0.2) is 15.9 Å². The smallest absolute Gasteiger partial charge is 0.0332 e. The van der Waals surface area contributed by atoms with Crippen molar-refractivity contribution in [2.45, 2.75) is 64.6 Å². The van der Waals surface area contributed by atoms with Gasteiger partial charge >= 0.3 is 0 Å². The van der Waals surface area contributed by atoms with Gasteiger partial charge < -0.3 is 5.32 Å². The molecule has 1 atom stereocenters. The third kappa shape index (κ3) is 3.54. The lowest BCUT2D eigenvalue weighted by Crippen LogP contribution is -2.65. The summed E-state index contributed by atoms with van der Waals surface area (Å²) in [5.41, 5.74) is 0.720. The maximum atomic E-state index is 3.92. The number of nitrogens with zero attached hydrogens (tertiary/aromatic N) is 1. The largest absolute Gasteiger partial charge is 0.308 e. The first-order valence-electron chi connectivity index (χ1n) is 8.10. The predicted octanol–water partition coefficient (Wildman–Crippen LogP) is 4.64. The Kier molecular flexibility index (Phi) is 4.53. The average Bonchev–Trinajstić information content (AvgIpc) is 2.98. The molecule has 0 bridgehead atoms. The second kappa shape index (κ2) is 5.95. The van der Waals surface area contributed by atoms with Gasteiger partial charge in [0.25, 0.3) is 0 Å². The summed E-state index contributed by atoms with van der Waals surface area (Å²) in [5, 5.41) is 6.13. The molecule has 1 aromatic heterocycles. The molecule has 1 spiro atoms. The molecule has 0 amide bonds. The number of hydrogen-bond acceptors (Lipinski definition) is 3. The van der Waals surface area contributed by atoms with Crippen LogP contribution in [-0.4, -0.2) is 29.6 Å². The SMILES string of the molecule is CC(C)(C)C1CNC2(CCCC2)CN1Cc1cc(Br)cs1. The highest BCUT2D eigenvalue weighted by Crippen LogP contribution is 2.38. The summed E-state index contributed by atoms with van der Waals surface area (Å²) in [7, 11) is 0. The fraction of sp³-hybridized carbons (Fsp3) is 0.765. The molecule has 4 heteroatoms. The summed E-state index contributed by atoms with van der Waals surface area (Å²) in [4.78, 5) is 4.23. The van der Waals surface area contributed by atoms with Crippen LogP contribution >= 0.6 is 27.3 Å². The van der Waals surface area contributed by atoms with Crippen LogP contribution in [0.25, 0.3) is 0 Å². The van der Waals surface area contributed by atoms with Crippen molar-refractivity contribution in [3.05, 3.63) is 20.8 Å². The van der Waals surface area contributed by atoms with Gasteiger partial charge in [-0.15, -0.1) is 11.3 Å². The van der Waals surface area contributed by atoms with Crippen molar-refractivity contribution >= 4 is 27.3 Å². The van der Waals surface area contributed by atoms with E-state index >= 15 is 0 Å². The second-order valence-electron chi connectivity index (χ2n) is 7.89. The highest BCUT2D eigenvalue weighted by Gasteiger charge is 2.44. The fourth-order valence-electron chi connectivity index (χ4n) is 4.04. The van der Waals surface area contributed by atoms with E-state index in [0.717, 1.165) is 13.1 Å². The van der Waals surface area contributed by atoms with E-state index in [1.807, 2.05) is 11.3 Å². The lowest BCUT2D eigenvalue weighted by atomic mass is 9.81. The third-order valence-electron chi connectivity index (χ3n) is 5.16. The number of nitrogens with one attached hydrogen (secondary N) is 1. The average molecular weight is 371 g/mol. The Labute approximate surface area is 141 Å². The van der Waals surface area contributed by atoms with Crippen LogP contribution in [0.3, 0.4) is 0 Å². The molecule has 2 aliphatic rings. The first kappa shape index (κ1) is 16.0. The molecule has 0 radical (unpaired) electrons. The summed E-state index contributed by atoms with van der Waals surface area (Å²) in [6.07, 6.45) is 5.50. The molecule has 1 saturated carbocycles. The van der Waals surface area contributed by atoms with Crippen molar-refractivity contribution in [1.29, 1.82) is 0 Å². The van der Waals surface area contributed by atoms with Gasteiger partial charge in [0.1, 0.15) is 0 Å². The minimum Gasteiger partial charge on any atom is -0.308 e. The minimum atomic E-state index is 0.321. The Bertz CT molecular complexity index is 485. The van der Waals surface area contributed by atoms with Crippen LogP contribution in [0.2, 0.25) is 0 Å². The molecule has 1 saturated heterocycles. The number of hydrogen-bond donors (Lipinski definition) is 1. The molecule has 1 N–H and O–H groups in total. The lowest BCUT2D eigenvalue weighted by molar-refractivity contribution is 0.0186. The van der Waals surface area contributed by atoms with E-state index in [1.165, 1.54) is 41.6 Å². The standard InChI is InChI=1S/C17H27BrN2S/c1-16(2,3)15-9-19-17(6-4-5-7-17)12-20(15)10-14-8-13(18)11-21-14/h8,11,15,19H,4-7,9-10,12H2,1-3H3. The van der Waals surface area contributed by atoms with Crippen LogP contribution in [0, 0.1) is 5.41 Å². The zero-order valence-electron chi connectivity index (χ0n) is 13.4. The molecular weight excluding hydrogens is 344 g/mol. The Morgan fingerprint density at radius 1 is 1.38 bits per heavy atom. The van der Waals surface area contributed by atoms with Crippen LogP contribution < -0.4 is 5.32 Å². The van der Waals surface area contributed by atoms with Crippen molar-refractivity contribution in [3.63, 3.8) is 0 Å².